The Balaban J connectivity index is 2.16. The van der Waals surface area contributed by atoms with Gasteiger partial charge in [0.05, 0.1) is 6.10 Å². The monoisotopic (exact) mass is 155 g/mol. The van der Waals surface area contributed by atoms with Crippen molar-refractivity contribution in [3.8, 4) is 0 Å². The van der Waals surface area contributed by atoms with Crippen LogP contribution in [-0.4, -0.2) is 35.2 Å². The Bertz CT molecular complexity index is 160. The molecule has 3 unspecified atom stereocenters. The molecule has 2 fully saturated rings. The SMILES string of the molecule is CC1C2CCC(C[C@H]1O)N2C. The van der Waals surface area contributed by atoms with Gasteiger partial charge in [0.25, 0.3) is 0 Å². The first-order chi connectivity index (χ1) is 5.20. The van der Waals surface area contributed by atoms with Gasteiger partial charge in [0, 0.05) is 12.1 Å². The molecule has 2 saturated heterocycles. The zero-order chi connectivity index (χ0) is 8.01. The summed E-state index contributed by atoms with van der Waals surface area (Å²) in [5.74, 6) is 0.485. The van der Waals surface area contributed by atoms with Crippen molar-refractivity contribution in [3.05, 3.63) is 0 Å². The standard InChI is InChI=1S/C9H17NO/c1-6-8-4-3-7(10(8)2)5-9(6)11/h6-9,11H,3-5H2,1-2H3/t6?,7?,8?,9-/m1/s1. The lowest BCUT2D eigenvalue weighted by Crippen LogP contribution is -2.47. The van der Waals surface area contributed by atoms with Crippen LogP contribution in [0.4, 0.5) is 0 Å². The number of fused-ring (bicyclic) bond motifs is 2. The molecule has 2 heteroatoms. The van der Waals surface area contributed by atoms with Crippen LogP contribution in [0.3, 0.4) is 0 Å². The Morgan fingerprint density at radius 3 is 2.82 bits per heavy atom. The molecule has 64 valence electrons. The fourth-order valence-corrected chi connectivity index (χ4v) is 2.71. The first-order valence-corrected chi connectivity index (χ1v) is 4.60. The van der Waals surface area contributed by atoms with Gasteiger partial charge in [-0.05, 0) is 32.2 Å². The van der Waals surface area contributed by atoms with E-state index in [2.05, 4.69) is 18.9 Å². The van der Waals surface area contributed by atoms with Crippen LogP contribution >= 0.6 is 0 Å². The van der Waals surface area contributed by atoms with Crippen molar-refractivity contribution < 1.29 is 5.11 Å². The van der Waals surface area contributed by atoms with Gasteiger partial charge in [0.2, 0.25) is 0 Å². The Hall–Kier alpha value is -0.0800. The average Bonchev–Trinajstić information content (AvgIpc) is 2.23. The molecule has 0 aromatic carbocycles. The van der Waals surface area contributed by atoms with E-state index in [-0.39, 0.29) is 6.10 Å². The van der Waals surface area contributed by atoms with Crippen molar-refractivity contribution in [2.24, 2.45) is 5.92 Å². The van der Waals surface area contributed by atoms with Crippen molar-refractivity contribution in [2.75, 3.05) is 7.05 Å². The first-order valence-electron chi connectivity index (χ1n) is 4.60. The number of hydrogen-bond acceptors (Lipinski definition) is 2. The van der Waals surface area contributed by atoms with Gasteiger partial charge in [-0.2, -0.15) is 0 Å². The minimum atomic E-state index is -0.0382. The fraction of sp³-hybridized carbons (Fsp3) is 1.00. The maximum Gasteiger partial charge on any atom is 0.0595 e. The minimum absolute atomic E-state index is 0.0382. The third-order valence-corrected chi connectivity index (χ3v) is 3.62. The molecule has 0 radical (unpaired) electrons. The molecule has 2 nitrogen and oxygen atoms in total. The summed E-state index contributed by atoms with van der Waals surface area (Å²) in [4.78, 5) is 2.46. The van der Waals surface area contributed by atoms with Crippen LogP contribution < -0.4 is 0 Å². The summed E-state index contributed by atoms with van der Waals surface area (Å²) in [6.45, 7) is 2.17. The number of aliphatic hydroxyl groups is 1. The molecular weight excluding hydrogens is 138 g/mol. The molecule has 0 amide bonds. The molecule has 4 atom stereocenters. The second-order valence-electron chi connectivity index (χ2n) is 4.13. The van der Waals surface area contributed by atoms with E-state index in [1.807, 2.05) is 0 Å². The van der Waals surface area contributed by atoms with Gasteiger partial charge in [0.1, 0.15) is 0 Å². The Morgan fingerprint density at radius 1 is 1.36 bits per heavy atom. The predicted molar refractivity (Wildman–Crippen MR) is 44.4 cm³/mol. The van der Waals surface area contributed by atoms with Crippen LogP contribution in [-0.2, 0) is 0 Å². The van der Waals surface area contributed by atoms with E-state index in [1.54, 1.807) is 0 Å². The molecule has 0 aromatic heterocycles. The molecule has 2 rings (SSSR count). The van der Waals surface area contributed by atoms with E-state index in [0.29, 0.717) is 18.0 Å². The molecule has 0 aliphatic carbocycles. The Kier molecular flexibility index (Phi) is 1.69. The van der Waals surface area contributed by atoms with Crippen molar-refractivity contribution in [2.45, 2.75) is 44.4 Å². The average molecular weight is 155 g/mol. The molecule has 0 spiro atoms. The van der Waals surface area contributed by atoms with E-state index in [0.717, 1.165) is 6.42 Å². The van der Waals surface area contributed by atoms with E-state index in [4.69, 9.17) is 0 Å². The topological polar surface area (TPSA) is 23.5 Å². The molecule has 1 N–H and O–H groups in total. The van der Waals surface area contributed by atoms with Crippen LogP contribution in [0, 0.1) is 5.92 Å². The maximum absolute atomic E-state index is 9.65. The van der Waals surface area contributed by atoms with Gasteiger partial charge >= 0.3 is 0 Å². The van der Waals surface area contributed by atoms with Crippen LogP contribution in [0.15, 0.2) is 0 Å². The third kappa shape index (κ3) is 1.00. The number of nitrogens with zero attached hydrogens (tertiary/aromatic N) is 1. The van der Waals surface area contributed by atoms with Gasteiger partial charge in [-0.3, -0.25) is 0 Å². The second kappa shape index (κ2) is 2.46. The van der Waals surface area contributed by atoms with Crippen LogP contribution in [0.5, 0.6) is 0 Å². The predicted octanol–water partition coefficient (Wildman–Crippen LogP) is 0.850. The largest absolute Gasteiger partial charge is 0.393 e. The molecule has 0 saturated carbocycles. The number of aliphatic hydroxyl groups excluding tert-OH is 1. The van der Waals surface area contributed by atoms with Crippen molar-refractivity contribution >= 4 is 0 Å². The van der Waals surface area contributed by atoms with Crippen molar-refractivity contribution in [3.63, 3.8) is 0 Å². The van der Waals surface area contributed by atoms with Crippen LogP contribution in [0.25, 0.3) is 0 Å². The highest BCUT2D eigenvalue weighted by atomic mass is 16.3. The first kappa shape index (κ1) is 7.56. The summed E-state index contributed by atoms with van der Waals surface area (Å²) < 4.78 is 0. The van der Waals surface area contributed by atoms with Gasteiger partial charge < -0.3 is 10.0 Å². The van der Waals surface area contributed by atoms with Gasteiger partial charge in [-0.25, -0.2) is 0 Å². The van der Waals surface area contributed by atoms with Gasteiger partial charge in [-0.15, -0.1) is 0 Å². The number of hydrogen-bond donors (Lipinski definition) is 1. The number of rotatable bonds is 0. The third-order valence-electron chi connectivity index (χ3n) is 3.62. The Morgan fingerprint density at radius 2 is 2.09 bits per heavy atom. The molecule has 2 heterocycles. The van der Waals surface area contributed by atoms with Crippen molar-refractivity contribution in [1.29, 1.82) is 0 Å². The molecule has 2 aliphatic heterocycles. The van der Waals surface area contributed by atoms with E-state index in [9.17, 15) is 5.11 Å². The highest BCUT2D eigenvalue weighted by molar-refractivity contribution is 4.97. The van der Waals surface area contributed by atoms with Gasteiger partial charge in [0.15, 0.2) is 0 Å². The summed E-state index contributed by atoms with van der Waals surface area (Å²) in [5, 5.41) is 9.65. The summed E-state index contributed by atoms with van der Waals surface area (Å²) in [6, 6.07) is 1.33. The van der Waals surface area contributed by atoms with E-state index in [1.165, 1.54) is 12.8 Å². The lowest BCUT2D eigenvalue weighted by molar-refractivity contribution is 0.00159. The smallest absolute Gasteiger partial charge is 0.0595 e. The lowest BCUT2D eigenvalue weighted by atomic mass is 9.90. The van der Waals surface area contributed by atoms with Crippen LogP contribution in [0.1, 0.15) is 26.2 Å². The molecule has 2 bridgehead atoms. The van der Waals surface area contributed by atoms with E-state index >= 15 is 0 Å². The molecule has 2 aliphatic rings. The zero-order valence-corrected chi connectivity index (χ0v) is 7.33. The maximum atomic E-state index is 9.65. The van der Waals surface area contributed by atoms with E-state index < -0.39 is 0 Å². The normalized spacial score (nSPS) is 51.5. The molecule has 11 heavy (non-hydrogen) atoms. The molecular formula is C9H17NO. The summed E-state index contributed by atoms with van der Waals surface area (Å²) in [5.41, 5.74) is 0. The summed E-state index contributed by atoms with van der Waals surface area (Å²) in [6.07, 6.45) is 3.54. The second-order valence-corrected chi connectivity index (χ2v) is 4.13. The summed E-state index contributed by atoms with van der Waals surface area (Å²) in [7, 11) is 2.20. The fourth-order valence-electron chi connectivity index (χ4n) is 2.71. The Labute approximate surface area is 68.2 Å². The summed E-state index contributed by atoms with van der Waals surface area (Å²) >= 11 is 0. The lowest BCUT2D eigenvalue weighted by Gasteiger charge is -2.39. The minimum Gasteiger partial charge on any atom is -0.393 e. The quantitative estimate of drug-likeness (QED) is 0.560. The highest BCUT2D eigenvalue weighted by Crippen LogP contribution is 2.37. The van der Waals surface area contributed by atoms with Gasteiger partial charge in [-0.1, -0.05) is 6.92 Å². The number of piperidine rings is 1. The highest BCUT2D eigenvalue weighted by Gasteiger charge is 2.42. The van der Waals surface area contributed by atoms with Crippen LogP contribution in [0.2, 0.25) is 0 Å². The van der Waals surface area contributed by atoms with Crippen molar-refractivity contribution in [1.82, 2.24) is 4.90 Å². The molecule has 0 aromatic rings. The zero-order valence-electron chi connectivity index (χ0n) is 7.33.